The number of amides is 2. The molecule has 2 heterocycles. The Morgan fingerprint density at radius 2 is 2.00 bits per heavy atom. The predicted octanol–water partition coefficient (Wildman–Crippen LogP) is 4.54. The van der Waals surface area contributed by atoms with E-state index >= 15 is 0 Å². The molecule has 1 fully saturated rings. The van der Waals surface area contributed by atoms with Crippen molar-refractivity contribution in [3.63, 3.8) is 0 Å². The fourth-order valence-corrected chi connectivity index (χ4v) is 4.90. The van der Waals surface area contributed by atoms with Crippen molar-refractivity contribution in [2.75, 3.05) is 13.1 Å². The average Bonchev–Trinajstić information content (AvgIpc) is 3.44. The number of benzene rings is 2. The van der Waals surface area contributed by atoms with Crippen LogP contribution in [0.4, 0.5) is 0 Å². The number of nitrogens with one attached hydrogen (secondary N) is 1. The molecule has 0 saturated carbocycles. The lowest BCUT2D eigenvalue weighted by Crippen LogP contribution is -2.46. The molecule has 4 rings (SSSR count). The molecule has 1 N–H and O–H groups in total. The second-order valence-electron chi connectivity index (χ2n) is 7.22. The van der Waals surface area contributed by atoms with Gasteiger partial charge in [-0.3, -0.25) is 9.59 Å². The van der Waals surface area contributed by atoms with Crippen LogP contribution in [0.5, 0.6) is 0 Å². The van der Waals surface area contributed by atoms with Gasteiger partial charge in [-0.2, -0.15) is 0 Å². The zero-order valence-corrected chi connectivity index (χ0v) is 18.8. The Morgan fingerprint density at radius 3 is 2.80 bits per heavy atom. The van der Waals surface area contributed by atoms with Crippen LogP contribution in [0, 0.1) is 0 Å². The minimum absolute atomic E-state index is 0.0886. The third-order valence-corrected chi connectivity index (χ3v) is 6.57. The molecule has 30 heavy (non-hydrogen) atoms. The summed E-state index contributed by atoms with van der Waals surface area (Å²) in [7, 11) is 0. The van der Waals surface area contributed by atoms with Gasteiger partial charge in [0.25, 0.3) is 5.91 Å². The molecule has 0 spiro atoms. The van der Waals surface area contributed by atoms with Crippen LogP contribution in [-0.2, 0) is 11.2 Å². The van der Waals surface area contributed by atoms with Crippen LogP contribution in [0.1, 0.15) is 28.9 Å². The zero-order valence-electron chi connectivity index (χ0n) is 16.4. The highest BCUT2D eigenvalue weighted by atomic mass is 79.9. The van der Waals surface area contributed by atoms with Crippen molar-refractivity contribution in [3.8, 4) is 10.6 Å². The van der Waals surface area contributed by atoms with Gasteiger partial charge in [-0.05, 0) is 31.0 Å². The predicted molar refractivity (Wildman–Crippen MR) is 122 cm³/mol. The van der Waals surface area contributed by atoms with Crippen LogP contribution in [0.2, 0.25) is 0 Å². The van der Waals surface area contributed by atoms with Gasteiger partial charge < -0.3 is 10.2 Å². The fraction of sp³-hybridized carbons (Fsp3) is 0.261. The van der Waals surface area contributed by atoms with Gasteiger partial charge in [0.2, 0.25) is 5.91 Å². The van der Waals surface area contributed by atoms with E-state index in [0.29, 0.717) is 31.5 Å². The maximum atomic E-state index is 12.9. The highest BCUT2D eigenvalue weighted by Crippen LogP contribution is 2.24. The lowest BCUT2D eigenvalue weighted by molar-refractivity contribution is -0.124. The molecule has 1 atom stereocenters. The standard InChI is InChI=1S/C23H22BrN3O2S/c24-18-9-4-8-17(14-18)23(29)27-13-5-10-20(27)21(28)25-12-11-19-15-30-22(26-19)16-6-2-1-3-7-16/h1-4,6-9,14-15,20H,5,10-13H2,(H,25,28)/t20-/m1/s1. The summed E-state index contributed by atoms with van der Waals surface area (Å²) in [6.07, 6.45) is 2.20. The summed E-state index contributed by atoms with van der Waals surface area (Å²) in [4.78, 5) is 32.0. The van der Waals surface area contributed by atoms with E-state index in [1.54, 1.807) is 28.4 Å². The lowest BCUT2D eigenvalue weighted by Gasteiger charge is -2.24. The van der Waals surface area contributed by atoms with Crippen LogP contribution in [0.25, 0.3) is 10.6 Å². The van der Waals surface area contributed by atoms with Crippen LogP contribution < -0.4 is 5.32 Å². The van der Waals surface area contributed by atoms with Gasteiger partial charge in [0.05, 0.1) is 5.69 Å². The molecule has 0 unspecified atom stereocenters. The monoisotopic (exact) mass is 483 g/mol. The number of halogens is 1. The first-order valence-electron chi connectivity index (χ1n) is 9.96. The fourth-order valence-electron chi connectivity index (χ4n) is 3.64. The summed E-state index contributed by atoms with van der Waals surface area (Å²) >= 11 is 5.01. The summed E-state index contributed by atoms with van der Waals surface area (Å²) < 4.78 is 0.853. The topological polar surface area (TPSA) is 62.3 Å². The first kappa shape index (κ1) is 20.8. The second-order valence-corrected chi connectivity index (χ2v) is 8.99. The molecule has 1 aliphatic heterocycles. The van der Waals surface area contributed by atoms with Gasteiger partial charge in [-0.15, -0.1) is 11.3 Å². The van der Waals surface area contributed by atoms with E-state index in [1.807, 2.05) is 47.8 Å². The Balaban J connectivity index is 1.32. The molecule has 7 heteroatoms. The van der Waals surface area contributed by atoms with Gasteiger partial charge in [-0.1, -0.05) is 52.3 Å². The summed E-state index contributed by atoms with van der Waals surface area (Å²) in [5, 5.41) is 6.01. The molecule has 0 radical (unpaired) electrons. The van der Waals surface area contributed by atoms with Gasteiger partial charge in [0.1, 0.15) is 11.0 Å². The van der Waals surface area contributed by atoms with Crippen molar-refractivity contribution in [2.24, 2.45) is 0 Å². The molecule has 154 valence electrons. The Morgan fingerprint density at radius 1 is 1.17 bits per heavy atom. The van der Waals surface area contributed by atoms with Gasteiger partial charge in [-0.25, -0.2) is 4.98 Å². The molecular formula is C23H22BrN3O2S. The molecule has 0 aliphatic carbocycles. The number of carbonyl (C=O) groups excluding carboxylic acids is 2. The minimum atomic E-state index is -0.410. The summed E-state index contributed by atoms with van der Waals surface area (Å²) in [5.41, 5.74) is 2.66. The van der Waals surface area contributed by atoms with Crippen LogP contribution in [0.15, 0.2) is 64.5 Å². The lowest BCUT2D eigenvalue weighted by atomic mass is 10.1. The van der Waals surface area contributed by atoms with E-state index in [0.717, 1.165) is 27.2 Å². The van der Waals surface area contributed by atoms with Gasteiger partial charge in [0, 0.05) is 40.5 Å². The number of hydrogen-bond donors (Lipinski definition) is 1. The zero-order chi connectivity index (χ0) is 20.9. The summed E-state index contributed by atoms with van der Waals surface area (Å²) in [6, 6.07) is 17.0. The van der Waals surface area contributed by atoms with Crippen molar-refractivity contribution >= 4 is 39.1 Å². The highest BCUT2D eigenvalue weighted by Gasteiger charge is 2.34. The van der Waals surface area contributed by atoms with E-state index < -0.39 is 6.04 Å². The SMILES string of the molecule is O=C(NCCc1csc(-c2ccccc2)n1)[C@H]1CCCN1C(=O)c1cccc(Br)c1. The van der Waals surface area contributed by atoms with E-state index in [2.05, 4.69) is 26.2 Å². The molecule has 2 aromatic carbocycles. The molecule has 1 aliphatic rings. The number of thiazole rings is 1. The van der Waals surface area contributed by atoms with Crippen molar-refractivity contribution in [3.05, 3.63) is 75.7 Å². The molecule has 1 aromatic heterocycles. The Bertz CT molecular complexity index is 1040. The molecule has 1 saturated heterocycles. The van der Waals surface area contributed by atoms with Crippen LogP contribution in [-0.4, -0.2) is 40.8 Å². The molecular weight excluding hydrogens is 462 g/mol. The van der Waals surface area contributed by atoms with Crippen LogP contribution in [0.3, 0.4) is 0 Å². The largest absolute Gasteiger partial charge is 0.354 e. The van der Waals surface area contributed by atoms with Crippen molar-refractivity contribution in [2.45, 2.75) is 25.3 Å². The Labute approximate surface area is 188 Å². The number of rotatable bonds is 6. The van der Waals surface area contributed by atoms with Crippen LogP contribution >= 0.6 is 27.3 Å². The minimum Gasteiger partial charge on any atom is -0.354 e. The van der Waals surface area contributed by atoms with E-state index in [1.165, 1.54) is 0 Å². The maximum Gasteiger partial charge on any atom is 0.254 e. The third-order valence-electron chi connectivity index (χ3n) is 5.14. The summed E-state index contributed by atoms with van der Waals surface area (Å²) in [5.74, 6) is -0.185. The number of likely N-dealkylation sites (tertiary alicyclic amines) is 1. The Hall–Kier alpha value is -2.51. The molecule has 3 aromatic rings. The van der Waals surface area contributed by atoms with Gasteiger partial charge >= 0.3 is 0 Å². The van der Waals surface area contributed by atoms with E-state index in [9.17, 15) is 9.59 Å². The second kappa shape index (κ2) is 9.53. The van der Waals surface area contributed by atoms with Crippen molar-refractivity contribution in [1.29, 1.82) is 0 Å². The quantitative estimate of drug-likeness (QED) is 0.559. The average molecular weight is 484 g/mol. The number of hydrogen-bond acceptors (Lipinski definition) is 4. The Kier molecular flexibility index (Phi) is 6.59. The number of aromatic nitrogens is 1. The normalized spacial score (nSPS) is 15.9. The molecule has 0 bridgehead atoms. The highest BCUT2D eigenvalue weighted by molar-refractivity contribution is 9.10. The van der Waals surface area contributed by atoms with E-state index in [4.69, 9.17) is 0 Å². The maximum absolute atomic E-state index is 12.9. The van der Waals surface area contributed by atoms with Crippen molar-refractivity contribution in [1.82, 2.24) is 15.2 Å². The summed E-state index contributed by atoms with van der Waals surface area (Å²) in [6.45, 7) is 1.11. The smallest absolute Gasteiger partial charge is 0.254 e. The molecule has 5 nitrogen and oxygen atoms in total. The van der Waals surface area contributed by atoms with Gasteiger partial charge in [0.15, 0.2) is 0 Å². The number of nitrogens with zero attached hydrogens (tertiary/aromatic N) is 2. The first-order chi connectivity index (χ1) is 14.6. The molecule has 2 amide bonds. The first-order valence-corrected chi connectivity index (χ1v) is 11.6. The van der Waals surface area contributed by atoms with Crippen molar-refractivity contribution < 1.29 is 9.59 Å². The third kappa shape index (κ3) is 4.79. The van der Waals surface area contributed by atoms with E-state index in [-0.39, 0.29) is 11.8 Å². The number of carbonyl (C=O) groups is 2.